The number of carbonyl (C=O) groups is 1. The Balaban J connectivity index is 2.23. The van der Waals surface area contributed by atoms with E-state index in [-0.39, 0.29) is 18.2 Å². The van der Waals surface area contributed by atoms with E-state index in [9.17, 15) is 4.79 Å². The Morgan fingerprint density at radius 3 is 2.60 bits per heavy atom. The van der Waals surface area contributed by atoms with Crippen LogP contribution in [0.5, 0.6) is 0 Å². The van der Waals surface area contributed by atoms with Crippen LogP contribution in [0, 0.1) is 0 Å². The predicted octanol–water partition coefficient (Wildman–Crippen LogP) is 2.47. The van der Waals surface area contributed by atoms with Gasteiger partial charge in [0.15, 0.2) is 0 Å². The van der Waals surface area contributed by atoms with Crippen molar-refractivity contribution in [3.05, 3.63) is 35.9 Å². The van der Waals surface area contributed by atoms with Crippen molar-refractivity contribution in [3.8, 4) is 0 Å². The minimum atomic E-state index is -0.335. The first-order chi connectivity index (χ1) is 9.59. The van der Waals surface area contributed by atoms with Crippen molar-refractivity contribution >= 4 is 6.03 Å². The fourth-order valence-electron chi connectivity index (χ4n) is 2.03. The second kappa shape index (κ2) is 8.59. The number of aryl methyl sites for hydroxylation is 1. The molecule has 0 fully saturated rings. The van der Waals surface area contributed by atoms with E-state index in [0.29, 0.717) is 13.0 Å². The van der Waals surface area contributed by atoms with Gasteiger partial charge in [0.25, 0.3) is 0 Å². The minimum Gasteiger partial charge on any atom is -0.396 e. The Bertz CT molecular complexity index is 395. The zero-order valence-corrected chi connectivity index (χ0v) is 12.5. The topological polar surface area (TPSA) is 61.4 Å². The molecule has 4 nitrogen and oxygen atoms in total. The van der Waals surface area contributed by atoms with E-state index in [1.54, 1.807) is 0 Å². The molecule has 1 aromatic carbocycles. The lowest BCUT2D eigenvalue weighted by molar-refractivity contribution is 0.201. The van der Waals surface area contributed by atoms with Crippen molar-refractivity contribution in [2.75, 3.05) is 13.2 Å². The number of rotatable bonds is 8. The Morgan fingerprint density at radius 2 is 2.00 bits per heavy atom. The molecule has 0 radical (unpaired) electrons. The molecule has 1 unspecified atom stereocenters. The van der Waals surface area contributed by atoms with Crippen LogP contribution < -0.4 is 10.6 Å². The van der Waals surface area contributed by atoms with Gasteiger partial charge < -0.3 is 15.7 Å². The van der Waals surface area contributed by atoms with Crippen LogP contribution in [0.2, 0.25) is 0 Å². The normalized spacial score (nSPS) is 13.6. The second-order valence-electron chi connectivity index (χ2n) is 5.36. The SMILES string of the molecule is CCC(C)(CCO)NC(=O)NCCCc1ccccc1. The van der Waals surface area contributed by atoms with Gasteiger partial charge in [-0.25, -0.2) is 4.79 Å². The Hall–Kier alpha value is -1.55. The van der Waals surface area contributed by atoms with Crippen LogP contribution in [0.4, 0.5) is 4.79 Å². The van der Waals surface area contributed by atoms with E-state index in [2.05, 4.69) is 22.8 Å². The van der Waals surface area contributed by atoms with Crippen molar-refractivity contribution in [2.45, 2.75) is 45.1 Å². The Kier molecular flexibility index (Phi) is 7.09. The molecule has 0 aliphatic carbocycles. The van der Waals surface area contributed by atoms with Crippen LogP contribution in [-0.4, -0.2) is 29.8 Å². The summed E-state index contributed by atoms with van der Waals surface area (Å²) in [5, 5.41) is 14.8. The van der Waals surface area contributed by atoms with Gasteiger partial charge in [-0.2, -0.15) is 0 Å². The van der Waals surface area contributed by atoms with Gasteiger partial charge in [0.2, 0.25) is 0 Å². The van der Waals surface area contributed by atoms with Gasteiger partial charge >= 0.3 is 6.03 Å². The number of carbonyl (C=O) groups excluding carboxylic acids is 1. The third-order valence-electron chi connectivity index (χ3n) is 3.63. The minimum absolute atomic E-state index is 0.0820. The van der Waals surface area contributed by atoms with E-state index < -0.39 is 0 Å². The first-order valence-corrected chi connectivity index (χ1v) is 7.30. The summed E-state index contributed by atoms with van der Waals surface area (Å²) in [6, 6.07) is 10.1. The van der Waals surface area contributed by atoms with Crippen LogP contribution >= 0.6 is 0 Å². The van der Waals surface area contributed by atoms with Crippen molar-refractivity contribution in [1.29, 1.82) is 0 Å². The molecule has 0 saturated carbocycles. The van der Waals surface area contributed by atoms with Gasteiger partial charge in [-0.1, -0.05) is 37.3 Å². The maximum atomic E-state index is 11.8. The summed E-state index contributed by atoms with van der Waals surface area (Å²) in [6.45, 7) is 4.69. The summed E-state index contributed by atoms with van der Waals surface area (Å²) in [6.07, 6.45) is 3.25. The second-order valence-corrected chi connectivity index (χ2v) is 5.36. The molecule has 0 aliphatic heterocycles. The molecule has 3 N–H and O–H groups in total. The van der Waals surface area contributed by atoms with Crippen LogP contribution in [0.25, 0.3) is 0 Å². The molecule has 20 heavy (non-hydrogen) atoms. The smallest absolute Gasteiger partial charge is 0.315 e. The van der Waals surface area contributed by atoms with Crippen LogP contribution in [0.15, 0.2) is 30.3 Å². The fourth-order valence-corrected chi connectivity index (χ4v) is 2.03. The third kappa shape index (κ3) is 6.06. The summed E-state index contributed by atoms with van der Waals surface area (Å²) >= 11 is 0. The number of hydrogen-bond acceptors (Lipinski definition) is 2. The van der Waals surface area contributed by atoms with E-state index in [1.165, 1.54) is 5.56 Å². The highest BCUT2D eigenvalue weighted by atomic mass is 16.3. The van der Waals surface area contributed by atoms with Gasteiger partial charge in [-0.15, -0.1) is 0 Å². The maximum Gasteiger partial charge on any atom is 0.315 e. The van der Waals surface area contributed by atoms with Crippen molar-refractivity contribution in [2.24, 2.45) is 0 Å². The third-order valence-corrected chi connectivity index (χ3v) is 3.63. The summed E-state index contributed by atoms with van der Waals surface area (Å²) in [5.74, 6) is 0. The first-order valence-electron chi connectivity index (χ1n) is 7.30. The fraction of sp³-hybridized carbons (Fsp3) is 0.562. The molecule has 2 amide bonds. The average Bonchev–Trinajstić information content (AvgIpc) is 2.45. The number of aliphatic hydroxyl groups is 1. The standard InChI is InChI=1S/C16H26N2O2/c1-3-16(2,11-13-19)18-15(20)17-12-7-10-14-8-5-4-6-9-14/h4-6,8-9,19H,3,7,10-13H2,1-2H3,(H2,17,18,20). The maximum absolute atomic E-state index is 11.8. The monoisotopic (exact) mass is 278 g/mol. The molecule has 1 aromatic rings. The zero-order valence-electron chi connectivity index (χ0n) is 12.5. The average molecular weight is 278 g/mol. The lowest BCUT2D eigenvalue weighted by Crippen LogP contribution is -2.50. The molecular formula is C16H26N2O2. The highest BCUT2D eigenvalue weighted by Crippen LogP contribution is 2.13. The van der Waals surface area contributed by atoms with Crippen LogP contribution in [-0.2, 0) is 6.42 Å². The molecule has 1 rings (SSSR count). The molecule has 0 saturated heterocycles. The Labute approximate surface area is 121 Å². The van der Waals surface area contributed by atoms with E-state index in [1.807, 2.05) is 32.0 Å². The van der Waals surface area contributed by atoms with E-state index in [0.717, 1.165) is 19.3 Å². The number of amides is 2. The number of hydrogen-bond donors (Lipinski definition) is 3. The summed E-state index contributed by atoms with van der Waals surface area (Å²) < 4.78 is 0. The lowest BCUT2D eigenvalue weighted by atomic mass is 9.95. The van der Waals surface area contributed by atoms with Gasteiger partial charge in [0.1, 0.15) is 0 Å². The largest absolute Gasteiger partial charge is 0.396 e. The van der Waals surface area contributed by atoms with Crippen molar-refractivity contribution < 1.29 is 9.90 Å². The number of nitrogens with one attached hydrogen (secondary N) is 2. The highest BCUT2D eigenvalue weighted by Gasteiger charge is 2.23. The summed E-state index contributed by atoms with van der Waals surface area (Å²) in [4.78, 5) is 11.8. The van der Waals surface area contributed by atoms with E-state index in [4.69, 9.17) is 5.11 Å². The molecule has 4 heteroatoms. The lowest BCUT2D eigenvalue weighted by Gasteiger charge is -2.29. The zero-order chi connectivity index (χ0) is 14.8. The number of aliphatic hydroxyl groups excluding tert-OH is 1. The van der Waals surface area contributed by atoms with Crippen LogP contribution in [0.1, 0.15) is 38.7 Å². The highest BCUT2D eigenvalue weighted by molar-refractivity contribution is 5.74. The molecule has 0 heterocycles. The number of urea groups is 1. The van der Waals surface area contributed by atoms with Gasteiger partial charge in [0, 0.05) is 18.7 Å². The molecule has 0 aliphatic rings. The Morgan fingerprint density at radius 1 is 1.30 bits per heavy atom. The van der Waals surface area contributed by atoms with Crippen molar-refractivity contribution in [1.82, 2.24) is 10.6 Å². The molecular weight excluding hydrogens is 252 g/mol. The number of benzene rings is 1. The van der Waals surface area contributed by atoms with Crippen LogP contribution in [0.3, 0.4) is 0 Å². The van der Waals surface area contributed by atoms with E-state index >= 15 is 0 Å². The summed E-state index contributed by atoms with van der Waals surface area (Å²) in [7, 11) is 0. The van der Waals surface area contributed by atoms with Gasteiger partial charge in [-0.3, -0.25) is 0 Å². The molecule has 1 atom stereocenters. The summed E-state index contributed by atoms with van der Waals surface area (Å²) in [5.41, 5.74) is 0.950. The molecule has 0 aromatic heterocycles. The van der Waals surface area contributed by atoms with Crippen molar-refractivity contribution in [3.63, 3.8) is 0 Å². The predicted molar refractivity (Wildman–Crippen MR) is 81.7 cm³/mol. The molecule has 112 valence electrons. The molecule has 0 bridgehead atoms. The van der Waals surface area contributed by atoms with Gasteiger partial charge in [0.05, 0.1) is 0 Å². The molecule has 0 spiro atoms. The van der Waals surface area contributed by atoms with Gasteiger partial charge in [-0.05, 0) is 38.2 Å². The quantitative estimate of drug-likeness (QED) is 0.640. The first kappa shape index (κ1) is 16.5.